The molecule has 0 unspecified atom stereocenters. The van der Waals surface area contributed by atoms with Crippen molar-refractivity contribution in [2.75, 3.05) is 11.9 Å². The van der Waals surface area contributed by atoms with Gasteiger partial charge in [0.2, 0.25) is 0 Å². The molecule has 0 fully saturated rings. The van der Waals surface area contributed by atoms with Gasteiger partial charge < -0.3 is 4.74 Å². The molecule has 1 aromatic rings. The molecule has 0 aliphatic rings. The SMILES string of the molecule is COc1ccncc1NCl. The molecule has 1 aromatic heterocycles. The van der Waals surface area contributed by atoms with Gasteiger partial charge in [0.1, 0.15) is 11.4 Å². The van der Waals surface area contributed by atoms with Crippen LogP contribution in [-0.2, 0) is 0 Å². The lowest BCUT2D eigenvalue weighted by molar-refractivity contribution is 0.416. The first kappa shape index (κ1) is 7.15. The molecule has 0 saturated heterocycles. The molecule has 54 valence electrons. The second-order valence-electron chi connectivity index (χ2n) is 1.67. The Bertz CT molecular complexity index is 194. The second kappa shape index (κ2) is 3.27. The smallest absolute Gasteiger partial charge is 0.146 e. The Kier molecular flexibility index (Phi) is 2.34. The number of nitrogens with one attached hydrogen (secondary N) is 1. The van der Waals surface area contributed by atoms with Crippen LogP contribution >= 0.6 is 11.8 Å². The first-order valence-corrected chi connectivity index (χ1v) is 3.11. The fraction of sp³-hybridized carbons (Fsp3) is 0.167. The molecule has 0 amide bonds. The third kappa shape index (κ3) is 1.30. The molecule has 1 heterocycles. The minimum Gasteiger partial charge on any atom is -0.494 e. The normalized spacial score (nSPS) is 9.00. The summed E-state index contributed by atoms with van der Waals surface area (Å²) in [5.74, 6) is 0.685. The van der Waals surface area contributed by atoms with Crippen LogP contribution in [0.4, 0.5) is 5.69 Å². The van der Waals surface area contributed by atoms with E-state index in [1.807, 2.05) is 0 Å². The van der Waals surface area contributed by atoms with Gasteiger partial charge in [0.15, 0.2) is 0 Å². The number of ether oxygens (including phenoxy) is 1. The third-order valence-corrected chi connectivity index (χ3v) is 1.31. The van der Waals surface area contributed by atoms with Gasteiger partial charge in [0, 0.05) is 24.0 Å². The summed E-state index contributed by atoms with van der Waals surface area (Å²) in [4.78, 5) is 6.27. The van der Waals surface area contributed by atoms with Crippen molar-refractivity contribution in [3.05, 3.63) is 18.5 Å². The summed E-state index contributed by atoms with van der Waals surface area (Å²) in [5, 5.41) is 0. The first-order valence-electron chi connectivity index (χ1n) is 2.73. The van der Waals surface area contributed by atoms with E-state index in [2.05, 4.69) is 9.82 Å². The molecule has 10 heavy (non-hydrogen) atoms. The highest BCUT2D eigenvalue weighted by Gasteiger charge is 1.97. The molecule has 0 radical (unpaired) electrons. The molecule has 0 aromatic carbocycles. The van der Waals surface area contributed by atoms with E-state index in [9.17, 15) is 0 Å². The van der Waals surface area contributed by atoms with Gasteiger partial charge in [0.05, 0.1) is 13.3 Å². The average Bonchev–Trinajstić information content (AvgIpc) is 2.04. The number of rotatable bonds is 2. The van der Waals surface area contributed by atoms with Gasteiger partial charge >= 0.3 is 0 Å². The van der Waals surface area contributed by atoms with Crippen molar-refractivity contribution in [2.45, 2.75) is 0 Å². The summed E-state index contributed by atoms with van der Waals surface area (Å²) in [5.41, 5.74) is 0.673. The molecule has 0 atom stereocenters. The Morgan fingerprint density at radius 2 is 2.50 bits per heavy atom. The summed E-state index contributed by atoms with van der Waals surface area (Å²) < 4.78 is 4.95. The third-order valence-electron chi connectivity index (χ3n) is 1.10. The number of anilines is 1. The Morgan fingerprint density at radius 3 is 3.00 bits per heavy atom. The fourth-order valence-electron chi connectivity index (χ4n) is 0.631. The predicted molar refractivity (Wildman–Crippen MR) is 40.3 cm³/mol. The van der Waals surface area contributed by atoms with E-state index in [1.54, 1.807) is 25.6 Å². The lowest BCUT2D eigenvalue weighted by Crippen LogP contribution is -1.89. The van der Waals surface area contributed by atoms with Crippen molar-refractivity contribution in [1.82, 2.24) is 4.98 Å². The maximum Gasteiger partial charge on any atom is 0.146 e. The van der Waals surface area contributed by atoms with E-state index >= 15 is 0 Å². The summed E-state index contributed by atoms with van der Waals surface area (Å²) in [6, 6.07) is 1.73. The topological polar surface area (TPSA) is 34.1 Å². The van der Waals surface area contributed by atoms with Gasteiger partial charge in [-0.25, -0.2) is 0 Å². The van der Waals surface area contributed by atoms with Crippen LogP contribution < -0.4 is 9.57 Å². The lowest BCUT2D eigenvalue weighted by Gasteiger charge is -2.03. The molecular formula is C6H7ClN2O. The number of hydrogen-bond donors (Lipinski definition) is 1. The van der Waals surface area contributed by atoms with Crippen molar-refractivity contribution < 1.29 is 4.74 Å². The van der Waals surface area contributed by atoms with Crippen molar-refractivity contribution in [2.24, 2.45) is 0 Å². The van der Waals surface area contributed by atoms with Crippen molar-refractivity contribution in [3.8, 4) is 5.75 Å². The lowest BCUT2D eigenvalue weighted by atomic mass is 10.4. The van der Waals surface area contributed by atoms with Crippen molar-refractivity contribution in [3.63, 3.8) is 0 Å². The highest BCUT2D eigenvalue weighted by molar-refractivity contribution is 6.24. The standard InChI is InChI=1S/C6H7ClN2O/c1-10-6-2-3-8-4-5(6)9-7/h2-4,9H,1H3. The minimum absolute atomic E-state index is 0.673. The van der Waals surface area contributed by atoms with Gasteiger partial charge in [-0.3, -0.25) is 9.82 Å². The van der Waals surface area contributed by atoms with E-state index in [4.69, 9.17) is 16.5 Å². The summed E-state index contributed by atoms with van der Waals surface area (Å²) in [7, 11) is 1.58. The van der Waals surface area contributed by atoms with Crippen LogP contribution in [0, 0.1) is 0 Å². The molecule has 0 spiro atoms. The van der Waals surface area contributed by atoms with Gasteiger partial charge in [-0.2, -0.15) is 0 Å². The zero-order chi connectivity index (χ0) is 7.40. The van der Waals surface area contributed by atoms with Crippen LogP contribution in [0.5, 0.6) is 5.75 Å². The highest BCUT2D eigenvalue weighted by Crippen LogP contribution is 2.21. The van der Waals surface area contributed by atoms with Gasteiger partial charge in [0.25, 0.3) is 0 Å². The predicted octanol–water partition coefficient (Wildman–Crippen LogP) is 1.66. The molecule has 4 heteroatoms. The monoisotopic (exact) mass is 158 g/mol. The summed E-state index contributed by atoms with van der Waals surface area (Å²) >= 11 is 5.34. The quantitative estimate of drug-likeness (QED) is 0.665. The zero-order valence-corrected chi connectivity index (χ0v) is 6.22. The fourth-order valence-corrected chi connectivity index (χ4v) is 0.773. The number of pyridine rings is 1. The van der Waals surface area contributed by atoms with Crippen LogP contribution in [0.2, 0.25) is 0 Å². The summed E-state index contributed by atoms with van der Waals surface area (Å²) in [6.07, 6.45) is 3.22. The number of nitrogens with zero attached hydrogens (tertiary/aromatic N) is 1. The van der Waals surface area contributed by atoms with E-state index < -0.39 is 0 Å². The maximum atomic E-state index is 5.34. The molecule has 0 bridgehead atoms. The molecule has 0 aliphatic heterocycles. The van der Waals surface area contributed by atoms with Gasteiger partial charge in [-0.05, 0) is 0 Å². The second-order valence-corrected chi connectivity index (χ2v) is 1.86. The number of hydrogen-bond acceptors (Lipinski definition) is 3. The minimum atomic E-state index is 0.673. The van der Waals surface area contributed by atoms with Crippen LogP contribution in [0.25, 0.3) is 0 Å². The van der Waals surface area contributed by atoms with E-state index in [1.165, 1.54) is 0 Å². The maximum absolute atomic E-state index is 5.34. The Morgan fingerprint density at radius 1 is 1.70 bits per heavy atom. The molecule has 1 rings (SSSR count). The molecule has 0 aliphatic carbocycles. The van der Waals surface area contributed by atoms with Crippen LogP contribution in [0.3, 0.4) is 0 Å². The Hall–Kier alpha value is -0.960. The first-order chi connectivity index (χ1) is 4.88. The van der Waals surface area contributed by atoms with Gasteiger partial charge in [-0.15, -0.1) is 0 Å². The Labute approximate surface area is 64.1 Å². The molecule has 1 N–H and O–H groups in total. The van der Waals surface area contributed by atoms with Gasteiger partial charge in [-0.1, -0.05) is 0 Å². The van der Waals surface area contributed by atoms with Crippen LogP contribution in [0.15, 0.2) is 18.5 Å². The van der Waals surface area contributed by atoms with E-state index in [0.29, 0.717) is 11.4 Å². The zero-order valence-electron chi connectivity index (χ0n) is 5.47. The molecule has 0 saturated carbocycles. The number of halogens is 1. The van der Waals surface area contributed by atoms with Crippen molar-refractivity contribution >= 4 is 17.5 Å². The number of aromatic nitrogens is 1. The van der Waals surface area contributed by atoms with Crippen LogP contribution in [-0.4, -0.2) is 12.1 Å². The molecule has 3 nitrogen and oxygen atoms in total. The number of methoxy groups -OCH3 is 1. The summed E-state index contributed by atoms with van der Waals surface area (Å²) in [6.45, 7) is 0. The average molecular weight is 159 g/mol. The van der Waals surface area contributed by atoms with Crippen molar-refractivity contribution in [1.29, 1.82) is 0 Å². The van der Waals surface area contributed by atoms with Crippen LogP contribution in [0.1, 0.15) is 0 Å². The highest BCUT2D eigenvalue weighted by atomic mass is 35.5. The molecular weight excluding hydrogens is 152 g/mol. The largest absolute Gasteiger partial charge is 0.494 e. The Balaban J connectivity index is 2.96. The van der Waals surface area contributed by atoms with E-state index in [0.717, 1.165) is 0 Å². The van der Waals surface area contributed by atoms with E-state index in [-0.39, 0.29) is 0 Å².